The highest BCUT2D eigenvalue weighted by molar-refractivity contribution is 7.88. The summed E-state index contributed by atoms with van der Waals surface area (Å²) in [5, 5.41) is 9.45. The van der Waals surface area contributed by atoms with Gasteiger partial charge in [0.15, 0.2) is 0 Å². The van der Waals surface area contributed by atoms with Crippen LogP contribution < -0.4 is 4.72 Å². The van der Waals surface area contributed by atoms with Crippen LogP contribution in [0.2, 0.25) is 0 Å². The maximum atomic E-state index is 14.5. The van der Waals surface area contributed by atoms with Crippen LogP contribution in [0, 0.1) is 5.82 Å². The lowest BCUT2D eigenvalue weighted by Crippen LogP contribution is -2.21. The third kappa shape index (κ3) is 4.59. The van der Waals surface area contributed by atoms with Crippen LogP contribution in [-0.2, 0) is 16.6 Å². The van der Waals surface area contributed by atoms with E-state index in [1.807, 2.05) is 30.3 Å². The van der Waals surface area contributed by atoms with Crippen LogP contribution in [0.25, 0.3) is 55.4 Å². The van der Waals surface area contributed by atoms with E-state index in [2.05, 4.69) is 35.9 Å². The molecule has 0 aliphatic heterocycles. The molecule has 8 nitrogen and oxygen atoms in total. The molecule has 4 aromatic heterocycles. The van der Waals surface area contributed by atoms with Crippen molar-refractivity contribution in [3.63, 3.8) is 0 Å². The van der Waals surface area contributed by atoms with Crippen LogP contribution >= 0.6 is 0 Å². The number of pyridine rings is 2. The predicted molar refractivity (Wildman–Crippen MR) is 141 cm³/mol. The molecule has 10 heteroatoms. The van der Waals surface area contributed by atoms with Crippen LogP contribution in [-0.4, -0.2) is 39.8 Å². The molecule has 37 heavy (non-hydrogen) atoms. The lowest BCUT2D eigenvalue weighted by Gasteiger charge is -2.08. The Hall–Kier alpha value is -4.41. The fourth-order valence-electron chi connectivity index (χ4n) is 4.47. The highest BCUT2D eigenvalue weighted by atomic mass is 32.2. The summed E-state index contributed by atoms with van der Waals surface area (Å²) >= 11 is 0. The third-order valence-electron chi connectivity index (χ3n) is 6.18. The summed E-state index contributed by atoms with van der Waals surface area (Å²) in [4.78, 5) is 11.8. The molecule has 0 atom stereocenters. The van der Waals surface area contributed by atoms with Crippen molar-refractivity contribution in [2.45, 2.75) is 6.54 Å². The standard InChI is InChI=1S/C27H21FN6O2S/c1-37(35,36)31-13-16-8-19(10-20(28)9-16)23-14-30-15-26-21(23)12-25(32-26)27-22-11-18(2-3-24(22)33-34-27)17-4-6-29-7-5-17/h2-12,14-15,31-32H,13H2,1H3,(H,33,34). The SMILES string of the molecule is CS(=O)(=O)NCc1cc(F)cc(-c2cncc3[nH]c(-c4n[nH]c5ccc(-c6ccncc6)cc45)cc23)c1. The molecule has 0 unspecified atom stereocenters. The van der Waals surface area contributed by atoms with Crippen LogP contribution in [0.4, 0.5) is 4.39 Å². The fourth-order valence-corrected chi connectivity index (χ4v) is 4.90. The lowest BCUT2D eigenvalue weighted by molar-refractivity contribution is 0.586. The first-order chi connectivity index (χ1) is 17.8. The van der Waals surface area contributed by atoms with E-state index in [4.69, 9.17) is 0 Å². The molecule has 6 rings (SSSR count). The summed E-state index contributed by atoms with van der Waals surface area (Å²) in [5.41, 5.74) is 7.15. The van der Waals surface area contributed by atoms with E-state index in [1.54, 1.807) is 30.9 Å². The van der Waals surface area contributed by atoms with Crippen LogP contribution in [0.5, 0.6) is 0 Å². The first kappa shape index (κ1) is 23.0. The Bertz CT molecular complexity index is 1880. The number of hydrogen-bond donors (Lipinski definition) is 3. The van der Waals surface area contributed by atoms with E-state index < -0.39 is 15.8 Å². The van der Waals surface area contributed by atoms with Gasteiger partial charge in [0.2, 0.25) is 10.0 Å². The molecule has 0 aliphatic rings. The van der Waals surface area contributed by atoms with Crippen molar-refractivity contribution in [3.05, 3.63) is 90.8 Å². The van der Waals surface area contributed by atoms with Gasteiger partial charge in [-0.3, -0.25) is 15.1 Å². The first-order valence-corrected chi connectivity index (χ1v) is 13.3. The number of H-pyrrole nitrogens is 2. The molecule has 2 aromatic carbocycles. The number of nitrogens with one attached hydrogen (secondary N) is 3. The second-order valence-electron chi connectivity index (χ2n) is 8.84. The van der Waals surface area contributed by atoms with Gasteiger partial charge in [-0.1, -0.05) is 6.07 Å². The van der Waals surface area contributed by atoms with Gasteiger partial charge in [-0.15, -0.1) is 0 Å². The van der Waals surface area contributed by atoms with Gasteiger partial charge in [0.1, 0.15) is 11.5 Å². The number of benzene rings is 2. The lowest BCUT2D eigenvalue weighted by atomic mass is 10.0. The van der Waals surface area contributed by atoms with Gasteiger partial charge in [-0.25, -0.2) is 17.5 Å². The van der Waals surface area contributed by atoms with Crippen LogP contribution in [0.3, 0.4) is 0 Å². The Kier molecular flexibility index (Phi) is 5.54. The number of sulfonamides is 1. The zero-order valence-corrected chi connectivity index (χ0v) is 20.5. The van der Waals surface area contributed by atoms with Crippen molar-refractivity contribution in [2.75, 3.05) is 6.26 Å². The van der Waals surface area contributed by atoms with E-state index in [0.29, 0.717) is 11.1 Å². The van der Waals surface area contributed by atoms with Crippen molar-refractivity contribution in [2.24, 2.45) is 0 Å². The third-order valence-corrected chi connectivity index (χ3v) is 6.85. The quantitative estimate of drug-likeness (QED) is 0.290. The van der Waals surface area contributed by atoms with Gasteiger partial charge < -0.3 is 4.98 Å². The smallest absolute Gasteiger partial charge is 0.209 e. The van der Waals surface area contributed by atoms with E-state index in [-0.39, 0.29) is 6.54 Å². The topological polar surface area (TPSA) is 116 Å². The Morgan fingerprint density at radius 2 is 1.70 bits per heavy atom. The zero-order valence-electron chi connectivity index (χ0n) is 19.7. The number of aromatic nitrogens is 5. The van der Waals surface area contributed by atoms with Crippen molar-refractivity contribution in [3.8, 4) is 33.6 Å². The van der Waals surface area contributed by atoms with E-state index in [0.717, 1.165) is 56.1 Å². The van der Waals surface area contributed by atoms with Gasteiger partial charge in [0, 0.05) is 41.5 Å². The van der Waals surface area contributed by atoms with Gasteiger partial charge >= 0.3 is 0 Å². The second kappa shape index (κ2) is 8.91. The molecule has 4 heterocycles. The van der Waals surface area contributed by atoms with Gasteiger partial charge in [0.25, 0.3) is 0 Å². The van der Waals surface area contributed by atoms with Crippen LogP contribution in [0.15, 0.2) is 79.4 Å². The summed E-state index contributed by atoms with van der Waals surface area (Å²) in [5.74, 6) is -0.461. The molecule has 0 aliphatic carbocycles. The van der Waals surface area contributed by atoms with Gasteiger partial charge in [0.05, 0.1) is 29.2 Å². The summed E-state index contributed by atoms with van der Waals surface area (Å²) in [7, 11) is -3.41. The molecule has 0 fully saturated rings. The molecule has 3 N–H and O–H groups in total. The van der Waals surface area contributed by atoms with E-state index in [9.17, 15) is 12.8 Å². The fraction of sp³-hybridized carbons (Fsp3) is 0.0741. The highest BCUT2D eigenvalue weighted by Gasteiger charge is 2.15. The molecule has 0 radical (unpaired) electrons. The molecule has 0 saturated heterocycles. The van der Waals surface area contributed by atoms with Crippen molar-refractivity contribution in [1.82, 2.24) is 29.9 Å². The minimum atomic E-state index is -3.41. The van der Waals surface area contributed by atoms with E-state index >= 15 is 0 Å². The Morgan fingerprint density at radius 1 is 0.865 bits per heavy atom. The van der Waals surface area contributed by atoms with E-state index in [1.165, 1.54) is 12.1 Å². The zero-order chi connectivity index (χ0) is 25.6. The number of aromatic amines is 2. The van der Waals surface area contributed by atoms with Crippen molar-refractivity contribution in [1.29, 1.82) is 0 Å². The maximum Gasteiger partial charge on any atom is 0.209 e. The minimum Gasteiger partial charge on any atom is -0.352 e. The second-order valence-corrected chi connectivity index (χ2v) is 10.7. The largest absolute Gasteiger partial charge is 0.352 e. The van der Waals surface area contributed by atoms with Gasteiger partial charge in [-0.2, -0.15) is 5.10 Å². The molecule has 6 aromatic rings. The Labute approximate surface area is 211 Å². The molecule has 0 spiro atoms. The molecule has 0 bridgehead atoms. The number of rotatable bonds is 6. The number of nitrogens with zero attached hydrogens (tertiary/aromatic N) is 3. The van der Waals surface area contributed by atoms with Crippen molar-refractivity contribution >= 4 is 31.8 Å². The number of hydrogen-bond acceptors (Lipinski definition) is 5. The molecule has 184 valence electrons. The monoisotopic (exact) mass is 512 g/mol. The average molecular weight is 513 g/mol. The first-order valence-electron chi connectivity index (χ1n) is 11.4. The molecule has 0 saturated carbocycles. The summed E-state index contributed by atoms with van der Waals surface area (Å²) in [6.07, 6.45) is 7.98. The normalized spacial score (nSPS) is 11.9. The highest BCUT2D eigenvalue weighted by Crippen LogP contribution is 2.35. The number of halogens is 1. The Balaban J connectivity index is 1.44. The summed E-state index contributed by atoms with van der Waals surface area (Å²) in [6, 6.07) is 16.5. The molecular formula is C27H21FN6O2S. The minimum absolute atomic E-state index is 0.00947. The maximum absolute atomic E-state index is 14.5. The van der Waals surface area contributed by atoms with Gasteiger partial charge in [-0.05, 0) is 70.8 Å². The summed E-state index contributed by atoms with van der Waals surface area (Å²) < 4.78 is 39.9. The average Bonchev–Trinajstić information content (AvgIpc) is 3.51. The molecule has 0 amide bonds. The predicted octanol–water partition coefficient (Wildman–Crippen LogP) is 5.02. The van der Waals surface area contributed by atoms with Crippen LogP contribution in [0.1, 0.15) is 5.56 Å². The van der Waals surface area contributed by atoms with Crippen molar-refractivity contribution < 1.29 is 12.8 Å². The summed E-state index contributed by atoms with van der Waals surface area (Å²) in [6.45, 7) is -0.00947. The number of fused-ring (bicyclic) bond motifs is 2. The molecular weight excluding hydrogens is 491 g/mol. The Morgan fingerprint density at radius 3 is 2.51 bits per heavy atom.